The summed E-state index contributed by atoms with van der Waals surface area (Å²) in [5.74, 6) is 0. The van der Waals surface area contributed by atoms with Crippen molar-refractivity contribution in [1.29, 1.82) is 0 Å². The minimum absolute atomic E-state index is 0. The monoisotopic (exact) mass is 899 g/mol. The fraction of sp³-hybridized carbons (Fsp3) is 0.579. The maximum absolute atomic E-state index is 7.04. The van der Waals surface area contributed by atoms with E-state index >= 15 is 0 Å². The first-order valence-electron chi connectivity index (χ1n) is 23.7. The van der Waals surface area contributed by atoms with Crippen molar-refractivity contribution in [1.82, 2.24) is 5.09 Å². The second-order valence-electron chi connectivity index (χ2n) is 21.9. The molecular weight excluding hydrogens is 810 g/mol. The van der Waals surface area contributed by atoms with Crippen LogP contribution in [0.15, 0.2) is 97.1 Å². The Kier molecular flexibility index (Phi) is 21.0. The van der Waals surface area contributed by atoms with Crippen molar-refractivity contribution < 1.29 is 0 Å². The number of benzene rings is 4. The van der Waals surface area contributed by atoms with E-state index in [-0.39, 0.29) is 37.2 Å². The summed E-state index contributed by atoms with van der Waals surface area (Å²) in [6.07, 6.45) is 9.91. The predicted molar refractivity (Wildman–Crippen MR) is 283 cm³/mol. The molecule has 4 aromatic carbocycles. The fourth-order valence-corrected chi connectivity index (χ4v) is 15.0. The molecule has 3 N–H and O–H groups in total. The molecule has 0 spiro atoms. The number of nitrogens with two attached hydrogens (primary N) is 1. The van der Waals surface area contributed by atoms with Gasteiger partial charge in [0.1, 0.15) is 0 Å². The third-order valence-electron chi connectivity index (χ3n) is 12.7. The van der Waals surface area contributed by atoms with E-state index in [0.717, 1.165) is 13.1 Å². The standard InChI is InChI=1S/C28H42NP.C24H32ClP.C4H11N.CH4/c1-8-9-20-29-30-25(21-10-14-23(15-11-21)27(2,3)4)18-19-26(30)22-12-16-24(17-13-22)28(5,6)7;1-23(2,3)19-11-7-17(8-12-19)21-15-16-22(26(21)25)18-9-13-20(14-10-18)24(4,5)6;1-2-3-4-5;/h10-17,25-26,29H,8-9,18-20H2,1-7H3;7-14,21-22H,15-16H2,1-6H3;2-5H2,1H3;1H4/t25-,26-;21-,22-;;/m00../s1. The molecule has 2 heterocycles. The normalized spacial score (nSPS) is 19.9. The Morgan fingerprint density at radius 2 is 0.726 bits per heavy atom. The van der Waals surface area contributed by atoms with Crippen molar-refractivity contribution in [2.24, 2.45) is 5.73 Å². The average molecular weight is 900 g/mol. The van der Waals surface area contributed by atoms with Gasteiger partial charge in [-0.2, -0.15) is 0 Å². The summed E-state index contributed by atoms with van der Waals surface area (Å²) < 4.78 is 0. The summed E-state index contributed by atoms with van der Waals surface area (Å²) in [5.41, 5.74) is 19.9. The van der Waals surface area contributed by atoms with Gasteiger partial charge in [0.25, 0.3) is 0 Å². The Balaban J connectivity index is 0.000000296. The first kappa shape index (κ1) is 54.3. The van der Waals surface area contributed by atoms with Crippen LogP contribution in [0.4, 0.5) is 0 Å². The highest BCUT2D eigenvalue weighted by Gasteiger charge is 2.38. The molecule has 0 amide bonds. The van der Waals surface area contributed by atoms with E-state index in [1.54, 1.807) is 0 Å². The lowest BCUT2D eigenvalue weighted by molar-refractivity contribution is 0.589. The van der Waals surface area contributed by atoms with Crippen LogP contribution in [0.2, 0.25) is 0 Å². The molecular formula is C57H89ClN2P2. The van der Waals surface area contributed by atoms with E-state index in [1.807, 2.05) is 0 Å². The molecule has 5 heteroatoms. The largest absolute Gasteiger partial charge is 0.330 e. The smallest absolute Gasteiger partial charge is 0.0186 e. The van der Waals surface area contributed by atoms with Gasteiger partial charge in [-0.05, 0) is 126 Å². The number of nitrogens with one attached hydrogen (secondary N) is 1. The van der Waals surface area contributed by atoms with E-state index < -0.39 is 7.27 Å². The van der Waals surface area contributed by atoms with Crippen LogP contribution in [0.1, 0.15) is 223 Å². The van der Waals surface area contributed by atoms with Gasteiger partial charge in [-0.25, -0.2) is 0 Å². The third kappa shape index (κ3) is 15.3. The van der Waals surface area contributed by atoms with Gasteiger partial charge in [0.15, 0.2) is 0 Å². The Labute approximate surface area is 390 Å². The van der Waals surface area contributed by atoms with Crippen molar-refractivity contribution >= 4 is 26.6 Å². The maximum Gasteiger partial charge on any atom is 0.0186 e. The lowest BCUT2D eigenvalue weighted by atomic mass is 9.86. The second-order valence-corrected chi connectivity index (χ2v) is 27.3. The molecule has 2 aliphatic heterocycles. The van der Waals surface area contributed by atoms with E-state index in [9.17, 15) is 0 Å². The molecule has 2 aliphatic rings. The summed E-state index contributed by atoms with van der Waals surface area (Å²) >= 11 is 7.04. The van der Waals surface area contributed by atoms with Crippen LogP contribution in [-0.2, 0) is 21.7 Å². The van der Waals surface area contributed by atoms with Crippen molar-refractivity contribution in [3.05, 3.63) is 142 Å². The zero-order chi connectivity index (χ0) is 45.2. The molecule has 6 rings (SSSR count). The van der Waals surface area contributed by atoms with Gasteiger partial charge in [-0.15, -0.1) is 0 Å². The number of halogens is 1. The Hall–Kier alpha value is -2.05. The summed E-state index contributed by atoms with van der Waals surface area (Å²) in [6.45, 7) is 33.8. The van der Waals surface area contributed by atoms with Crippen LogP contribution in [0, 0.1) is 0 Å². The summed E-state index contributed by atoms with van der Waals surface area (Å²) in [6, 6.07) is 37.5. The summed E-state index contributed by atoms with van der Waals surface area (Å²) in [7, 11) is -0.809. The molecule has 0 aliphatic carbocycles. The molecule has 0 saturated carbocycles. The van der Waals surface area contributed by atoms with Gasteiger partial charge in [-0.3, -0.25) is 5.09 Å². The fourth-order valence-electron chi connectivity index (χ4n) is 8.49. The Morgan fingerprint density at radius 1 is 0.468 bits per heavy atom. The summed E-state index contributed by atoms with van der Waals surface area (Å²) in [5, 5.41) is 4.03. The zero-order valence-corrected chi connectivity index (χ0v) is 43.5. The van der Waals surface area contributed by atoms with Gasteiger partial charge in [0.05, 0.1) is 0 Å². The van der Waals surface area contributed by atoms with Crippen molar-refractivity contribution in [3.8, 4) is 0 Å². The number of rotatable bonds is 10. The van der Waals surface area contributed by atoms with Crippen LogP contribution in [-0.4, -0.2) is 13.1 Å². The third-order valence-corrected chi connectivity index (χ3v) is 19.5. The molecule has 0 bridgehead atoms. The predicted octanol–water partition coefficient (Wildman–Crippen LogP) is 18.5. The molecule has 0 radical (unpaired) electrons. The molecule has 0 unspecified atom stereocenters. The molecule has 2 saturated heterocycles. The molecule has 62 heavy (non-hydrogen) atoms. The molecule has 4 atom stereocenters. The van der Waals surface area contributed by atoms with Crippen LogP contribution >= 0.6 is 26.6 Å². The maximum atomic E-state index is 7.04. The minimum atomic E-state index is -0.548. The van der Waals surface area contributed by atoms with Gasteiger partial charge < -0.3 is 5.73 Å². The molecule has 344 valence electrons. The van der Waals surface area contributed by atoms with E-state index in [2.05, 4.69) is 199 Å². The first-order chi connectivity index (χ1) is 28.6. The Bertz CT molecular complexity index is 1720. The average Bonchev–Trinajstić information content (AvgIpc) is 3.81. The van der Waals surface area contributed by atoms with E-state index in [0.29, 0.717) is 22.6 Å². The number of hydrogen-bond donors (Lipinski definition) is 2. The highest BCUT2D eigenvalue weighted by atomic mass is 35.7. The van der Waals surface area contributed by atoms with E-state index in [1.165, 1.54) is 95.9 Å². The van der Waals surface area contributed by atoms with E-state index in [4.69, 9.17) is 17.0 Å². The molecule has 2 nitrogen and oxygen atoms in total. The first-order valence-corrected chi connectivity index (χ1v) is 27.5. The highest BCUT2D eigenvalue weighted by molar-refractivity contribution is 7.84. The Morgan fingerprint density at radius 3 is 0.952 bits per heavy atom. The van der Waals surface area contributed by atoms with Crippen LogP contribution in [0.5, 0.6) is 0 Å². The highest BCUT2D eigenvalue weighted by Crippen LogP contribution is 2.73. The zero-order valence-electron chi connectivity index (χ0n) is 41.0. The lowest BCUT2D eigenvalue weighted by Crippen LogP contribution is -2.14. The molecule has 2 fully saturated rings. The van der Waals surface area contributed by atoms with Crippen molar-refractivity contribution in [3.63, 3.8) is 0 Å². The molecule has 4 aromatic rings. The molecule has 0 aromatic heterocycles. The van der Waals surface area contributed by atoms with Gasteiger partial charge >= 0.3 is 0 Å². The SMILES string of the molecule is C.CC(C)(C)c1ccc([C@@H]2CC[C@@H](c3ccc(C(C)(C)C)cc3)P2Cl)cc1.CCCCN.CCCCNP1[C@H](c2ccc(C(C)(C)C)cc2)CC[C@H]1c1ccc(C(C)(C)C)cc1. The van der Waals surface area contributed by atoms with Crippen molar-refractivity contribution in [2.75, 3.05) is 13.1 Å². The number of unbranched alkanes of at least 4 members (excludes halogenated alkanes) is 2. The van der Waals surface area contributed by atoms with Gasteiger partial charge in [0, 0.05) is 29.9 Å². The van der Waals surface area contributed by atoms with Crippen LogP contribution in [0.3, 0.4) is 0 Å². The lowest BCUT2D eigenvalue weighted by Gasteiger charge is -2.28. The quantitative estimate of drug-likeness (QED) is 0.123. The number of hydrogen-bond acceptors (Lipinski definition) is 2. The van der Waals surface area contributed by atoms with Gasteiger partial charge in [-0.1, -0.05) is 226 Å². The van der Waals surface area contributed by atoms with Crippen molar-refractivity contribution in [2.45, 2.75) is 200 Å². The minimum Gasteiger partial charge on any atom is -0.330 e. The topological polar surface area (TPSA) is 38.0 Å². The van der Waals surface area contributed by atoms with Crippen LogP contribution in [0.25, 0.3) is 0 Å². The second kappa shape index (κ2) is 23.9. The van der Waals surface area contributed by atoms with Gasteiger partial charge in [0.2, 0.25) is 0 Å². The summed E-state index contributed by atoms with van der Waals surface area (Å²) in [4.78, 5) is 0. The van der Waals surface area contributed by atoms with Crippen LogP contribution < -0.4 is 10.8 Å².